The van der Waals surface area contributed by atoms with Crippen LogP contribution < -0.4 is 10.4 Å². The van der Waals surface area contributed by atoms with Crippen molar-refractivity contribution in [3.8, 4) is 0 Å². The molecule has 2 aliphatic rings. The maximum Gasteiger partial charge on any atom is 0.282 e. The molecule has 5 nitrogen and oxygen atoms in total. The molecule has 2 aromatic carbocycles. The van der Waals surface area contributed by atoms with E-state index in [0.717, 1.165) is 48.1 Å². The Hall–Kier alpha value is -1.31. The number of carbonyl (C=O) groups excluding carboxylic acids is 1. The molecule has 172 valence electrons. The normalized spacial score (nSPS) is 21.1. The summed E-state index contributed by atoms with van der Waals surface area (Å²) in [5, 5.41) is 9.77. The molecule has 2 atom stereocenters. The number of nitrogens with one attached hydrogen (secondary N) is 1. The maximum atomic E-state index is 13.3. The molecule has 9 heteroatoms. The second-order valence-corrected chi connectivity index (χ2v) is 9.68. The number of piperidine rings is 1. The van der Waals surface area contributed by atoms with Gasteiger partial charge in [-0.25, -0.2) is 5.01 Å². The SMILES string of the molecule is CC[C@H]1C(C(=O)NN2CCCCC2)=NN(c2ccc(Cl)cc2Cl)[C@H]1c1ccc(Br)cc1.Cl. The summed E-state index contributed by atoms with van der Waals surface area (Å²) in [7, 11) is 0. The van der Waals surface area contributed by atoms with Gasteiger partial charge in [-0.05, 0) is 55.2 Å². The van der Waals surface area contributed by atoms with Crippen molar-refractivity contribution in [2.24, 2.45) is 11.0 Å². The van der Waals surface area contributed by atoms with Gasteiger partial charge in [0.25, 0.3) is 5.91 Å². The Morgan fingerprint density at radius 3 is 2.44 bits per heavy atom. The van der Waals surface area contributed by atoms with Gasteiger partial charge in [-0.3, -0.25) is 15.2 Å². The Morgan fingerprint density at radius 2 is 1.81 bits per heavy atom. The molecule has 0 spiro atoms. The van der Waals surface area contributed by atoms with Crippen LogP contribution >= 0.6 is 51.5 Å². The monoisotopic (exact) mass is 558 g/mol. The third-order valence-electron chi connectivity index (χ3n) is 5.87. The van der Waals surface area contributed by atoms with Gasteiger partial charge in [0, 0.05) is 28.5 Å². The van der Waals surface area contributed by atoms with Gasteiger partial charge >= 0.3 is 0 Å². The van der Waals surface area contributed by atoms with E-state index in [2.05, 4.69) is 40.4 Å². The zero-order valence-electron chi connectivity index (χ0n) is 17.7. The van der Waals surface area contributed by atoms with Crippen molar-refractivity contribution < 1.29 is 4.79 Å². The standard InChI is InChI=1S/C23H25BrCl2N4O.ClH/c1-2-18-21(23(31)28-29-12-4-3-5-13-29)27-30(20-11-10-17(25)14-19(20)26)22(18)15-6-8-16(24)9-7-15;/h6-11,14,18,22H,2-5,12-13H2,1H3,(H,28,31);1H/t18-,22-;/m0./s1. The van der Waals surface area contributed by atoms with E-state index >= 15 is 0 Å². The molecule has 1 N–H and O–H groups in total. The zero-order chi connectivity index (χ0) is 22.0. The highest BCUT2D eigenvalue weighted by Gasteiger charge is 2.42. The number of nitrogens with zero attached hydrogens (tertiary/aromatic N) is 3. The molecule has 1 fully saturated rings. The molecule has 2 heterocycles. The van der Waals surface area contributed by atoms with E-state index in [4.69, 9.17) is 28.3 Å². The lowest BCUT2D eigenvalue weighted by molar-refractivity contribution is -0.120. The number of anilines is 1. The van der Waals surface area contributed by atoms with Gasteiger partial charge in [-0.15, -0.1) is 12.4 Å². The van der Waals surface area contributed by atoms with Crippen LogP contribution in [-0.2, 0) is 4.79 Å². The molecule has 0 aliphatic carbocycles. The molecule has 1 saturated heterocycles. The lowest BCUT2D eigenvalue weighted by Crippen LogP contribution is -2.48. The van der Waals surface area contributed by atoms with Crippen LogP contribution in [0.2, 0.25) is 10.0 Å². The predicted molar refractivity (Wildman–Crippen MR) is 138 cm³/mol. The average Bonchev–Trinajstić information content (AvgIpc) is 3.14. The summed E-state index contributed by atoms with van der Waals surface area (Å²) < 4.78 is 1.00. The summed E-state index contributed by atoms with van der Waals surface area (Å²) in [6, 6.07) is 13.4. The van der Waals surface area contributed by atoms with Crippen molar-refractivity contribution in [1.82, 2.24) is 10.4 Å². The molecule has 1 amide bonds. The van der Waals surface area contributed by atoms with E-state index in [1.807, 2.05) is 28.2 Å². The van der Waals surface area contributed by atoms with Crippen molar-refractivity contribution in [3.05, 3.63) is 62.5 Å². The van der Waals surface area contributed by atoms with Gasteiger partial charge in [0.1, 0.15) is 5.71 Å². The summed E-state index contributed by atoms with van der Waals surface area (Å²) in [6.45, 7) is 3.84. The fourth-order valence-corrected chi connectivity index (χ4v) is 5.07. The highest BCUT2D eigenvalue weighted by molar-refractivity contribution is 9.10. The summed E-state index contributed by atoms with van der Waals surface area (Å²) in [5.74, 6) is -0.207. The predicted octanol–water partition coefficient (Wildman–Crippen LogP) is 6.64. The van der Waals surface area contributed by atoms with Gasteiger partial charge in [0.05, 0.1) is 16.8 Å². The van der Waals surface area contributed by atoms with Crippen LogP contribution in [0.1, 0.15) is 44.2 Å². The lowest BCUT2D eigenvalue weighted by Gasteiger charge is -2.29. The molecule has 0 radical (unpaired) electrons. The van der Waals surface area contributed by atoms with Crippen molar-refractivity contribution in [3.63, 3.8) is 0 Å². The Kier molecular flexibility index (Phi) is 8.87. The minimum atomic E-state index is -0.140. The Labute approximate surface area is 213 Å². The van der Waals surface area contributed by atoms with Crippen molar-refractivity contribution in [2.45, 2.75) is 38.6 Å². The molecular weight excluding hydrogens is 535 g/mol. The number of hydrazone groups is 1. The first kappa shape index (κ1) is 25.3. The number of halogens is 4. The van der Waals surface area contributed by atoms with Gasteiger partial charge in [-0.1, -0.05) is 64.6 Å². The number of hydrogen-bond donors (Lipinski definition) is 1. The topological polar surface area (TPSA) is 47.9 Å². The zero-order valence-corrected chi connectivity index (χ0v) is 21.6. The first-order valence-corrected chi connectivity index (χ1v) is 12.2. The van der Waals surface area contributed by atoms with Crippen LogP contribution in [0, 0.1) is 5.92 Å². The van der Waals surface area contributed by atoms with Crippen molar-refractivity contribution >= 4 is 68.8 Å². The number of hydrogen-bond acceptors (Lipinski definition) is 4. The van der Waals surface area contributed by atoms with Gasteiger partial charge < -0.3 is 0 Å². The third-order valence-corrected chi connectivity index (χ3v) is 6.93. The average molecular weight is 561 g/mol. The molecule has 32 heavy (non-hydrogen) atoms. The molecule has 0 aromatic heterocycles. The molecule has 2 aliphatic heterocycles. The molecule has 4 rings (SSSR count). The minimum absolute atomic E-state index is 0. The highest BCUT2D eigenvalue weighted by atomic mass is 79.9. The number of rotatable bonds is 5. The Morgan fingerprint density at radius 1 is 1.12 bits per heavy atom. The second kappa shape index (κ2) is 11.2. The highest BCUT2D eigenvalue weighted by Crippen LogP contribution is 2.43. The van der Waals surface area contributed by atoms with Crippen LogP contribution in [0.25, 0.3) is 0 Å². The van der Waals surface area contributed by atoms with Crippen LogP contribution in [-0.4, -0.2) is 29.7 Å². The Bertz CT molecular complexity index is 980. The van der Waals surface area contributed by atoms with Crippen LogP contribution in [0.4, 0.5) is 5.69 Å². The van der Waals surface area contributed by atoms with Crippen LogP contribution in [0.5, 0.6) is 0 Å². The number of hydrazine groups is 1. The Balaban J connectivity index is 0.00000289. The van der Waals surface area contributed by atoms with E-state index in [9.17, 15) is 4.79 Å². The van der Waals surface area contributed by atoms with E-state index in [1.54, 1.807) is 12.1 Å². The summed E-state index contributed by atoms with van der Waals surface area (Å²) in [5.41, 5.74) is 5.42. The fourth-order valence-electron chi connectivity index (χ4n) is 4.31. The van der Waals surface area contributed by atoms with Crippen LogP contribution in [0.15, 0.2) is 52.0 Å². The molecule has 0 saturated carbocycles. The molecule has 0 unspecified atom stereocenters. The molecule has 0 bridgehead atoms. The lowest BCUT2D eigenvalue weighted by atomic mass is 9.87. The van der Waals surface area contributed by atoms with Gasteiger partial charge in [-0.2, -0.15) is 5.10 Å². The van der Waals surface area contributed by atoms with E-state index < -0.39 is 0 Å². The van der Waals surface area contributed by atoms with Crippen molar-refractivity contribution in [1.29, 1.82) is 0 Å². The maximum absolute atomic E-state index is 13.3. The minimum Gasteiger partial charge on any atom is -0.284 e. The van der Waals surface area contributed by atoms with E-state index in [1.165, 1.54) is 6.42 Å². The first-order valence-electron chi connectivity index (χ1n) is 10.6. The number of benzene rings is 2. The van der Waals surface area contributed by atoms with Crippen molar-refractivity contribution in [2.75, 3.05) is 18.1 Å². The number of amides is 1. The smallest absolute Gasteiger partial charge is 0.282 e. The summed E-state index contributed by atoms with van der Waals surface area (Å²) in [6.07, 6.45) is 4.17. The largest absolute Gasteiger partial charge is 0.284 e. The van der Waals surface area contributed by atoms with Gasteiger partial charge in [0.2, 0.25) is 0 Å². The number of carbonyl (C=O) groups is 1. The second-order valence-electron chi connectivity index (χ2n) is 7.93. The third kappa shape index (κ3) is 5.42. The van der Waals surface area contributed by atoms with Gasteiger partial charge in [0.15, 0.2) is 0 Å². The summed E-state index contributed by atoms with van der Waals surface area (Å²) in [4.78, 5) is 13.3. The molecular formula is C23H26BrCl3N4O. The molecule has 2 aromatic rings. The summed E-state index contributed by atoms with van der Waals surface area (Å²) >= 11 is 16.2. The van der Waals surface area contributed by atoms with E-state index in [0.29, 0.717) is 15.8 Å². The first-order chi connectivity index (χ1) is 15.0. The van der Waals surface area contributed by atoms with E-state index in [-0.39, 0.29) is 30.3 Å². The van der Waals surface area contributed by atoms with Crippen LogP contribution in [0.3, 0.4) is 0 Å². The fraction of sp³-hybridized carbons (Fsp3) is 0.391. The quantitative estimate of drug-likeness (QED) is 0.446.